The molecule has 1 aromatic carbocycles. The molecule has 2 aromatic rings. The fraction of sp³-hybridized carbons (Fsp3) is 0.308. The number of carboxylic acid groups (broad SMARTS) is 1. The summed E-state index contributed by atoms with van der Waals surface area (Å²) in [6, 6.07) is 7.63. The van der Waals surface area contributed by atoms with Crippen LogP contribution in [0.5, 0.6) is 0 Å². The number of hydrogen-bond donors (Lipinski definition) is 2. The van der Waals surface area contributed by atoms with Crippen molar-refractivity contribution in [3.63, 3.8) is 0 Å². The lowest BCUT2D eigenvalue weighted by Gasteiger charge is -2.10. The van der Waals surface area contributed by atoms with Crippen LogP contribution in [0, 0.1) is 5.92 Å². The standard InChI is InChI=1S/C13H15N3O2/c1-9(6-13(17)18)7-15-12-8-14-10-4-2-3-5-11(10)16-12/h2-5,8-9H,6-7H2,1H3,(H,15,16)(H,17,18). The number of hydrogen-bond acceptors (Lipinski definition) is 4. The van der Waals surface area contributed by atoms with Crippen LogP contribution in [0.3, 0.4) is 0 Å². The molecule has 0 spiro atoms. The van der Waals surface area contributed by atoms with E-state index in [9.17, 15) is 4.79 Å². The number of aliphatic carboxylic acids is 1. The van der Waals surface area contributed by atoms with Crippen molar-refractivity contribution in [1.82, 2.24) is 9.97 Å². The van der Waals surface area contributed by atoms with E-state index < -0.39 is 5.97 Å². The highest BCUT2D eigenvalue weighted by Crippen LogP contribution is 2.12. The molecule has 0 aliphatic heterocycles. The second kappa shape index (κ2) is 5.44. The predicted molar refractivity (Wildman–Crippen MR) is 69.4 cm³/mol. The minimum absolute atomic E-state index is 0.0516. The average molecular weight is 245 g/mol. The van der Waals surface area contributed by atoms with Crippen LogP contribution in [0.2, 0.25) is 0 Å². The number of aromatic nitrogens is 2. The van der Waals surface area contributed by atoms with Gasteiger partial charge in [0.25, 0.3) is 0 Å². The van der Waals surface area contributed by atoms with E-state index in [1.54, 1.807) is 6.20 Å². The van der Waals surface area contributed by atoms with Crippen molar-refractivity contribution in [2.24, 2.45) is 5.92 Å². The number of carbonyl (C=O) groups is 1. The van der Waals surface area contributed by atoms with Crippen molar-refractivity contribution < 1.29 is 9.90 Å². The van der Waals surface area contributed by atoms with Gasteiger partial charge in [-0.2, -0.15) is 0 Å². The molecule has 0 aliphatic carbocycles. The molecule has 2 rings (SSSR count). The summed E-state index contributed by atoms with van der Waals surface area (Å²) in [6.07, 6.45) is 1.81. The van der Waals surface area contributed by atoms with Crippen molar-refractivity contribution in [3.8, 4) is 0 Å². The summed E-state index contributed by atoms with van der Waals surface area (Å²) < 4.78 is 0. The molecule has 0 bridgehead atoms. The Labute approximate surface area is 105 Å². The summed E-state index contributed by atoms with van der Waals surface area (Å²) >= 11 is 0. The molecule has 0 fully saturated rings. The highest BCUT2D eigenvalue weighted by Gasteiger charge is 2.07. The topological polar surface area (TPSA) is 75.1 Å². The zero-order valence-electron chi connectivity index (χ0n) is 10.1. The highest BCUT2D eigenvalue weighted by atomic mass is 16.4. The molecule has 0 aliphatic rings. The van der Waals surface area contributed by atoms with Gasteiger partial charge in [-0.05, 0) is 18.1 Å². The monoisotopic (exact) mass is 245 g/mol. The summed E-state index contributed by atoms with van der Waals surface area (Å²) in [7, 11) is 0. The van der Waals surface area contributed by atoms with E-state index in [-0.39, 0.29) is 12.3 Å². The number of anilines is 1. The van der Waals surface area contributed by atoms with Crippen molar-refractivity contribution >= 4 is 22.8 Å². The first-order valence-electron chi connectivity index (χ1n) is 5.82. The quantitative estimate of drug-likeness (QED) is 0.844. The fourth-order valence-electron chi connectivity index (χ4n) is 1.69. The van der Waals surface area contributed by atoms with Crippen molar-refractivity contribution in [2.45, 2.75) is 13.3 Å². The van der Waals surface area contributed by atoms with Gasteiger partial charge in [-0.15, -0.1) is 0 Å². The van der Waals surface area contributed by atoms with Gasteiger partial charge in [0, 0.05) is 13.0 Å². The van der Waals surface area contributed by atoms with Crippen LogP contribution in [-0.2, 0) is 4.79 Å². The number of nitrogens with zero attached hydrogens (tertiary/aromatic N) is 2. The Hall–Kier alpha value is -2.17. The lowest BCUT2D eigenvalue weighted by atomic mass is 10.1. The normalized spacial score (nSPS) is 12.3. The second-order valence-electron chi connectivity index (χ2n) is 4.33. The van der Waals surface area contributed by atoms with Gasteiger partial charge in [-0.1, -0.05) is 19.1 Å². The molecule has 5 nitrogen and oxygen atoms in total. The van der Waals surface area contributed by atoms with Gasteiger partial charge in [0.05, 0.1) is 17.2 Å². The molecule has 2 N–H and O–H groups in total. The maximum atomic E-state index is 10.5. The van der Waals surface area contributed by atoms with Gasteiger partial charge in [0.15, 0.2) is 0 Å². The summed E-state index contributed by atoms with van der Waals surface area (Å²) in [4.78, 5) is 19.2. The minimum Gasteiger partial charge on any atom is -0.481 e. The molecule has 0 amide bonds. The van der Waals surface area contributed by atoms with Crippen LogP contribution in [-0.4, -0.2) is 27.6 Å². The van der Waals surface area contributed by atoms with Crippen LogP contribution in [0.15, 0.2) is 30.5 Å². The Morgan fingerprint density at radius 1 is 1.39 bits per heavy atom. The van der Waals surface area contributed by atoms with Crippen LogP contribution in [0.1, 0.15) is 13.3 Å². The van der Waals surface area contributed by atoms with Crippen molar-refractivity contribution in [3.05, 3.63) is 30.5 Å². The van der Waals surface area contributed by atoms with Crippen molar-refractivity contribution in [2.75, 3.05) is 11.9 Å². The summed E-state index contributed by atoms with van der Waals surface area (Å²) in [5.41, 5.74) is 1.68. The van der Waals surface area contributed by atoms with E-state index in [1.807, 2.05) is 31.2 Å². The lowest BCUT2D eigenvalue weighted by Crippen LogP contribution is -2.15. The van der Waals surface area contributed by atoms with Crippen molar-refractivity contribution in [1.29, 1.82) is 0 Å². The molecular formula is C13H15N3O2. The third-order valence-corrected chi connectivity index (χ3v) is 2.60. The number of para-hydroxylation sites is 2. The summed E-state index contributed by atoms with van der Waals surface area (Å²) in [5.74, 6) is -0.0596. The molecule has 0 saturated carbocycles. The van der Waals surface area contributed by atoms with E-state index in [0.717, 1.165) is 11.0 Å². The molecule has 1 unspecified atom stereocenters. The van der Waals surface area contributed by atoms with Gasteiger partial charge in [-0.3, -0.25) is 9.78 Å². The van der Waals surface area contributed by atoms with Gasteiger partial charge in [0.1, 0.15) is 5.82 Å². The van der Waals surface area contributed by atoms with E-state index in [1.165, 1.54) is 0 Å². The summed E-state index contributed by atoms with van der Waals surface area (Å²) in [5, 5.41) is 11.8. The van der Waals surface area contributed by atoms with E-state index in [0.29, 0.717) is 12.4 Å². The maximum Gasteiger partial charge on any atom is 0.303 e. The van der Waals surface area contributed by atoms with Crippen LogP contribution < -0.4 is 5.32 Å². The van der Waals surface area contributed by atoms with E-state index >= 15 is 0 Å². The summed E-state index contributed by atoms with van der Waals surface area (Å²) in [6.45, 7) is 2.45. The third kappa shape index (κ3) is 3.16. The van der Waals surface area contributed by atoms with E-state index in [2.05, 4.69) is 15.3 Å². The number of nitrogens with one attached hydrogen (secondary N) is 1. The average Bonchev–Trinajstić information content (AvgIpc) is 2.35. The Bertz CT molecular complexity index is 557. The van der Waals surface area contributed by atoms with Crippen LogP contribution in [0.25, 0.3) is 11.0 Å². The number of fused-ring (bicyclic) bond motifs is 1. The van der Waals surface area contributed by atoms with E-state index in [4.69, 9.17) is 5.11 Å². The SMILES string of the molecule is CC(CNc1cnc2ccccc2n1)CC(=O)O. The molecule has 0 radical (unpaired) electrons. The fourth-order valence-corrected chi connectivity index (χ4v) is 1.69. The highest BCUT2D eigenvalue weighted by molar-refractivity contribution is 5.75. The molecule has 1 aromatic heterocycles. The van der Waals surface area contributed by atoms with Gasteiger partial charge < -0.3 is 10.4 Å². The second-order valence-corrected chi connectivity index (χ2v) is 4.33. The zero-order chi connectivity index (χ0) is 13.0. The Balaban J connectivity index is 2.01. The molecule has 18 heavy (non-hydrogen) atoms. The van der Waals surface area contributed by atoms with Gasteiger partial charge >= 0.3 is 5.97 Å². The molecule has 5 heteroatoms. The number of rotatable bonds is 5. The first kappa shape index (κ1) is 12.3. The Morgan fingerprint density at radius 2 is 2.11 bits per heavy atom. The third-order valence-electron chi connectivity index (χ3n) is 2.60. The number of carboxylic acids is 1. The first-order valence-corrected chi connectivity index (χ1v) is 5.82. The smallest absolute Gasteiger partial charge is 0.303 e. The molecule has 0 saturated heterocycles. The Kier molecular flexibility index (Phi) is 3.72. The molecule has 1 atom stereocenters. The van der Waals surface area contributed by atoms with Gasteiger partial charge in [0.2, 0.25) is 0 Å². The Morgan fingerprint density at radius 3 is 2.83 bits per heavy atom. The predicted octanol–water partition coefficient (Wildman–Crippen LogP) is 2.15. The largest absolute Gasteiger partial charge is 0.481 e. The lowest BCUT2D eigenvalue weighted by molar-refractivity contribution is -0.137. The zero-order valence-corrected chi connectivity index (χ0v) is 10.1. The van der Waals surface area contributed by atoms with Crippen LogP contribution >= 0.6 is 0 Å². The molecular weight excluding hydrogens is 230 g/mol. The molecule has 94 valence electrons. The van der Waals surface area contributed by atoms with Gasteiger partial charge in [-0.25, -0.2) is 4.98 Å². The minimum atomic E-state index is -0.783. The number of benzene rings is 1. The molecule has 1 heterocycles. The maximum absolute atomic E-state index is 10.5. The first-order chi connectivity index (χ1) is 8.65. The van der Waals surface area contributed by atoms with Crippen LogP contribution in [0.4, 0.5) is 5.82 Å².